The molecule has 1 heteroatoms. The molecule has 0 aromatic heterocycles. The second-order valence-electron chi connectivity index (χ2n) is 8.36. The molecule has 0 amide bonds. The topological polar surface area (TPSA) is 9.23 Å². The molecule has 0 spiro atoms. The molecule has 0 bridgehead atoms. The van der Waals surface area contributed by atoms with Gasteiger partial charge in [0.2, 0.25) is 0 Å². The minimum absolute atomic E-state index is 0.741. The number of hydrogen-bond donors (Lipinski definition) is 0. The maximum Gasteiger partial charge on any atom is 0.119 e. The Morgan fingerprint density at radius 1 is 0.786 bits per heavy atom. The first-order chi connectivity index (χ1) is 13.8. The Balaban J connectivity index is 1.62. The number of rotatable bonds is 15. The van der Waals surface area contributed by atoms with Crippen LogP contribution in [0.5, 0.6) is 5.75 Å². The van der Waals surface area contributed by atoms with Crippen LogP contribution in [0.2, 0.25) is 0 Å². The molecule has 1 atom stereocenters. The van der Waals surface area contributed by atoms with E-state index < -0.39 is 0 Å². The van der Waals surface area contributed by atoms with Gasteiger partial charge in [-0.1, -0.05) is 108 Å². The third kappa shape index (κ3) is 9.13. The van der Waals surface area contributed by atoms with Gasteiger partial charge in [-0.05, 0) is 48.4 Å². The summed E-state index contributed by atoms with van der Waals surface area (Å²) in [5.41, 5.74) is 2.67. The van der Waals surface area contributed by atoms with Crippen molar-refractivity contribution in [2.75, 3.05) is 6.61 Å². The van der Waals surface area contributed by atoms with E-state index >= 15 is 0 Å². The average Bonchev–Trinajstić information content (AvgIpc) is 2.74. The van der Waals surface area contributed by atoms with Crippen molar-refractivity contribution in [2.45, 2.75) is 97.3 Å². The number of ether oxygens (including phenoxy) is 1. The molecular formula is C27H42O. The lowest BCUT2D eigenvalue weighted by atomic mass is 9.89. The van der Waals surface area contributed by atoms with Gasteiger partial charge in [-0.15, -0.1) is 0 Å². The van der Waals surface area contributed by atoms with E-state index in [0.29, 0.717) is 0 Å². The van der Waals surface area contributed by atoms with Gasteiger partial charge in [-0.3, -0.25) is 0 Å². The fraction of sp³-hybridized carbons (Fsp3) is 0.630. The van der Waals surface area contributed by atoms with Gasteiger partial charge in [-0.25, -0.2) is 0 Å². The molecule has 1 aliphatic rings. The van der Waals surface area contributed by atoms with E-state index in [1.54, 1.807) is 0 Å². The molecule has 1 nitrogen and oxygen atoms in total. The fourth-order valence-electron chi connectivity index (χ4n) is 3.92. The molecule has 0 N–H and O–H groups in total. The Hall–Kier alpha value is -1.50. The first kappa shape index (κ1) is 22.8. The minimum atomic E-state index is 0.741. The molecule has 0 aliphatic heterocycles. The number of unbranched alkanes of at least 4 members (excludes halogenated alkanes) is 9. The van der Waals surface area contributed by atoms with Crippen LogP contribution in [0.1, 0.15) is 103 Å². The zero-order valence-corrected chi connectivity index (χ0v) is 18.4. The van der Waals surface area contributed by atoms with E-state index in [1.165, 1.54) is 88.2 Å². The second kappa shape index (κ2) is 14.5. The number of benzene rings is 1. The van der Waals surface area contributed by atoms with Crippen molar-refractivity contribution in [2.24, 2.45) is 5.92 Å². The van der Waals surface area contributed by atoms with Gasteiger partial charge in [-0.2, -0.15) is 0 Å². The Morgan fingerprint density at radius 2 is 1.43 bits per heavy atom. The summed E-state index contributed by atoms with van der Waals surface area (Å²) in [4.78, 5) is 0. The summed E-state index contributed by atoms with van der Waals surface area (Å²) >= 11 is 0. The van der Waals surface area contributed by atoms with Gasteiger partial charge in [0.15, 0.2) is 0 Å². The van der Waals surface area contributed by atoms with E-state index in [0.717, 1.165) is 24.7 Å². The van der Waals surface area contributed by atoms with Crippen LogP contribution in [-0.4, -0.2) is 6.61 Å². The van der Waals surface area contributed by atoms with Crippen molar-refractivity contribution in [1.29, 1.82) is 0 Å². The van der Waals surface area contributed by atoms with E-state index in [9.17, 15) is 0 Å². The van der Waals surface area contributed by atoms with Gasteiger partial charge in [0.25, 0.3) is 0 Å². The Kier molecular flexibility index (Phi) is 11.8. The summed E-state index contributed by atoms with van der Waals surface area (Å²) in [6, 6.07) is 8.62. The van der Waals surface area contributed by atoms with Crippen LogP contribution in [0, 0.1) is 5.92 Å². The smallest absolute Gasteiger partial charge is 0.119 e. The first-order valence-corrected chi connectivity index (χ1v) is 11.9. The Morgan fingerprint density at radius 3 is 2.07 bits per heavy atom. The van der Waals surface area contributed by atoms with Crippen LogP contribution in [0.15, 0.2) is 42.5 Å². The molecule has 156 valence electrons. The molecule has 1 aromatic carbocycles. The highest BCUT2D eigenvalue weighted by atomic mass is 16.5. The zero-order chi connectivity index (χ0) is 19.9. The lowest BCUT2D eigenvalue weighted by Gasteiger charge is -2.16. The summed E-state index contributed by atoms with van der Waals surface area (Å²) in [5, 5.41) is 0. The van der Waals surface area contributed by atoms with Crippen LogP contribution in [0.25, 0.3) is 5.57 Å². The standard InChI is InChI=1S/C27H42O/c1-3-5-7-8-9-10-11-12-14-24-15-17-25(18-16-24)26-19-21-27(22-20-26)28-23-13-6-4-2/h15,17-22,24H,3-14,16,23H2,1-2H3. The molecular weight excluding hydrogens is 340 g/mol. The van der Waals surface area contributed by atoms with E-state index in [2.05, 4.69) is 56.3 Å². The Bertz CT molecular complexity index is 566. The summed E-state index contributed by atoms with van der Waals surface area (Å²) in [6.45, 7) is 5.34. The van der Waals surface area contributed by atoms with Gasteiger partial charge < -0.3 is 4.74 Å². The predicted octanol–water partition coefficient (Wildman–Crippen LogP) is 8.75. The molecule has 2 rings (SSSR count). The zero-order valence-electron chi connectivity index (χ0n) is 18.4. The SMILES string of the molecule is CCCCCCCCCCC1C=CC(c2ccc(OCCCCC)cc2)=CC1. The largest absolute Gasteiger partial charge is 0.494 e. The highest BCUT2D eigenvalue weighted by molar-refractivity contribution is 5.75. The number of hydrogen-bond acceptors (Lipinski definition) is 1. The van der Waals surface area contributed by atoms with Crippen LogP contribution in [0.4, 0.5) is 0 Å². The van der Waals surface area contributed by atoms with Crippen molar-refractivity contribution in [3.8, 4) is 5.75 Å². The van der Waals surface area contributed by atoms with Gasteiger partial charge in [0.1, 0.15) is 5.75 Å². The lowest BCUT2D eigenvalue weighted by Crippen LogP contribution is -2.00. The molecule has 1 aromatic rings. The van der Waals surface area contributed by atoms with E-state index in [-0.39, 0.29) is 0 Å². The van der Waals surface area contributed by atoms with Crippen molar-refractivity contribution >= 4 is 5.57 Å². The molecule has 0 heterocycles. The van der Waals surface area contributed by atoms with Crippen molar-refractivity contribution in [3.63, 3.8) is 0 Å². The summed E-state index contributed by atoms with van der Waals surface area (Å²) in [5.74, 6) is 1.73. The van der Waals surface area contributed by atoms with Crippen molar-refractivity contribution in [1.82, 2.24) is 0 Å². The normalized spacial score (nSPS) is 16.2. The van der Waals surface area contributed by atoms with Gasteiger partial charge >= 0.3 is 0 Å². The summed E-state index contributed by atoms with van der Waals surface area (Å²) < 4.78 is 5.82. The molecule has 0 fully saturated rings. The Labute approximate surface area is 174 Å². The molecule has 0 radical (unpaired) electrons. The molecule has 28 heavy (non-hydrogen) atoms. The summed E-state index contributed by atoms with van der Waals surface area (Å²) in [6.07, 6.45) is 24.6. The van der Waals surface area contributed by atoms with Crippen LogP contribution in [-0.2, 0) is 0 Å². The predicted molar refractivity (Wildman–Crippen MR) is 124 cm³/mol. The molecule has 1 unspecified atom stereocenters. The van der Waals surface area contributed by atoms with E-state index in [4.69, 9.17) is 4.74 Å². The minimum Gasteiger partial charge on any atom is -0.494 e. The highest BCUT2D eigenvalue weighted by Crippen LogP contribution is 2.28. The first-order valence-electron chi connectivity index (χ1n) is 11.9. The maximum atomic E-state index is 5.82. The third-order valence-corrected chi connectivity index (χ3v) is 5.82. The van der Waals surface area contributed by atoms with E-state index in [1.807, 2.05) is 0 Å². The lowest BCUT2D eigenvalue weighted by molar-refractivity contribution is 0.306. The van der Waals surface area contributed by atoms with Crippen molar-refractivity contribution in [3.05, 3.63) is 48.1 Å². The van der Waals surface area contributed by atoms with Gasteiger partial charge in [0, 0.05) is 0 Å². The monoisotopic (exact) mass is 382 g/mol. The quantitative estimate of drug-likeness (QED) is 0.275. The van der Waals surface area contributed by atoms with Gasteiger partial charge in [0.05, 0.1) is 6.61 Å². The van der Waals surface area contributed by atoms with Crippen molar-refractivity contribution < 1.29 is 4.74 Å². The highest BCUT2D eigenvalue weighted by Gasteiger charge is 2.10. The van der Waals surface area contributed by atoms with Crippen LogP contribution in [0.3, 0.4) is 0 Å². The average molecular weight is 383 g/mol. The molecule has 0 saturated carbocycles. The number of allylic oxidation sites excluding steroid dienone is 4. The van der Waals surface area contributed by atoms with Crippen LogP contribution < -0.4 is 4.74 Å². The summed E-state index contributed by atoms with van der Waals surface area (Å²) in [7, 11) is 0. The fourth-order valence-corrected chi connectivity index (χ4v) is 3.92. The molecule has 1 aliphatic carbocycles. The van der Waals surface area contributed by atoms with Crippen LogP contribution >= 0.6 is 0 Å². The maximum absolute atomic E-state index is 5.82. The molecule has 0 saturated heterocycles. The second-order valence-corrected chi connectivity index (χ2v) is 8.36. The third-order valence-electron chi connectivity index (χ3n) is 5.82.